The van der Waals surface area contributed by atoms with Gasteiger partial charge in [-0.15, -0.1) is 0 Å². The molecule has 6 nitrogen and oxygen atoms in total. The van der Waals surface area contributed by atoms with Gasteiger partial charge in [0.15, 0.2) is 0 Å². The summed E-state index contributed by atoms with van der Waals surface area (Å²) < 4.78 is 10.6. The lowest BCUT2D eigenvalue weighted by Crippen LogP contribution is -2.40. The Morgan fingerprint density at radius 2 is 2.16 bits per heavy atom. The van der Waals surface area contributed by atoms with Crippen molar-refractivity contribution in [2.75, 3.05) is 18.5 Å². The number of benzene rings is 1. The van der Waals surface area contributed by atoms with Crippen LogP contribution >= 0.6 is 0 Å². The van der Waals surface area contributed by atoms with Crippen molar-refractivity contribution < 1.29 is 14.1 Å². The maximum Gasteiger partial charge on any atom is 0.243 e. The van der Waals surface area contributed by atoms with Gasteiger partial charge in [0.25, 0.3) is 0 Å². The Labute approximate surface area is 147 Å². The fraction of sp³-hybridized carbons (Fsp3) is 0.474. The Morgan fingerprint density at radius 1 is 1.36 bits per heavy atom. The molecule has 1 aromatic carbocycles. The van der Waals surface area contributed by atoms with Gasteiger partial charge in [-0.2, -0.15) is 0 Å². The molecule has 0 unspecified atom stereocenters. The number of nitrogens with zero attached hydrogens (tertiary/aromatic N) is 1. The number of aromatic nitrogens is 1. The van der Waals surface area contributed by atoms with Crippen molar-refractivity contribution in [1.29, 1.82) is 0 Å². The van der Waals surface area contributed by atoms with Crippen LogP contribution in [0, 0.1) is 12.8 Å². The minimum absolute atomic E-state index is 0.102. The summed E-state index contributed by atoms with van der Waals surface area (Å²) in [5.41, 5.74) is 1.92. The van der Waals surface area contributed by atoms with E-state index in [0.717, 1.165) is 31.7 Å². The quantitative estimate of drug-likeness (QED) is 0.808. The van der Waals surface area contributed by atoms with Gasteiger partial charge < -0.3 is 9.26 Å². The summed E-state index contributed by atoms with van der Waals surface area (Å²) in [6.07, 6.45) is 2.02. The number of nitrogens with one attached hydrogen (secondary N) is 2. The molecule has 1 fully saturated rings. The van der Waals surface area contributed by atoms with Crippen LogP contribution in [0.25, 0.3) is 0 Å². The molecule has 0 saturated carbocycles. The Hall–Kier alpha value is -2.18. The normalized spacial score (nSPS) is 19.5. The van der Waals surface area contributed by atoms with Gasteiger partial charge in [-0.05, 0) is 38.2 Å². The van der Waals surface area contributed by atoms with Crippen molar-refractivity contribution in [3.05, 3.63) is 47.7 Å². The van der Waals surface area contributed by atoms with Crippen molar-refractivity contribution in [3.63, 3.8) is 0 Å². The highest BCUT2D eigenvalue weighted by Gasteiger charge is 2.25. The smallest absolute Gasteiger partial charge is 0.243 e. The highest BCUT2D eigenvalue weighted by Crippen LogP contribution is 2.27. The molecule has 2 aromatic rings. The molecule has 2 N–H and O–H groups in total. The van der Waals surface area contributed by atoms with E-state index in [9.17, 15) is 4.79 Å². The third-order valence-corrected chi connectivity index (χ3v) is 4.51. The second-order valence-corrected chi connectivity index (χ2v) is 6.64. The summed E-state index contributed by atoms with van der Waals surface area (Å²) >= 11 is 0. The fourth-order valence-electron chi connectivity index (χ4n) is 3.12. The molecule has 0 spiro atoms. The van der Waals surface area contributed by atoms with Gasteiger partial charge in [-0.25, -0.2) is 0 Å². The molecular weight excluding hydrogens is 318 g/mol. The van der Waals surface area contributed by atoms with Gasteiger partial charge in [-0.1, -0.05) is 35.5 Å². The van der Waals surface area contributed by atoms with Crippen LogP contribution in [0.5, 0.6) is 0 Å². The largest absolute Gasteiger partial charge is 0.381 e. The predicted octanol–water partition coefficient (Wildman–Crippen LogP) is 3.07. The lowest BCUT2D eigenvalue weighted by atomic mass is 9.93. The van der Waals surface area contributed by atoms with Gasteiger partial charge in [0.1, 0.15) is 0 Å². The number of amides is 1. The summed E-state index contributed by atoms with van der Waals surface area (Å²) in [6.45, 7) is 5.30. The van der Waals surface area contributed by atoms with Gasteiger partial charge in [-0.3, -0.25) is 15.4 Å². The Bertz CT molecular complexity index is 680. The zero-order valence-electron chi connectivity index (χ0n) is 14.7. The first-order valence-electron chi connectivity index (χ1n) is 8.74. The van der Waals surface area contributed by atoms with E-state index in [2.05, 4.69) is 27.9 Å². The number of aryl methyl sites for hydroxylation is 1. The predicted molar refractivity (Wildman–Crippen MR) is 95.2 cm³/mol. The van der Waals surface area contributed by atoms with Crippen LogP contribution in [-0.2, 0) is 9.53 Å². The zero-order valence-corrected chi connectivity index (χ0v) is 14.7. The standard InChI is InChI=1S/C19H25N3O3/c1-13-10-18(25-22-13)21-19(23)14(2)20-17(11-15-8-9-24-12-15)16-6-4-3-5-7-16/h3-7,10,14-15,17,20H,8-9,11-12H2,1-2H3,(H,21,23)/t14-,15-,17+/m0/s1. The molecule has 25 heavy (non-hydrogen) atoms. The third kappa shape index (κ3) is 4.90. The highest BCUT2D eigenvalue weighted by atomic mass is 16.5. The number of carbonyl (C=O) groups excluding carboxylic acids is 1. The average molecular weight is 343 g/mol. The Kier molecular flexibility index (Phi) is 5.83. The summed E-state index contributed by atoms with van der Waals surface area (Å²) in [7, 11) is 0. The molecule has 1 saturated heterocycles. The van der Waals surface area contributed by atoms with Crippen molar-refractivity contribution in [3.8, 4) is 0 Å². The minimum atomic E-state index is -0.363. The van der Waals surface area contributed by atoms with Crippen molar-refractivity contribution in [2.24, 2.45) is 5.92 Å². The van der Waals surface area contributed by atoms with Crippen LogP contribution in [0.15, 0.2) is 40.9 Å². The molecule has 1 aromatic heterocycles. The first-order chi connectivity index (χ1) is 12.1. The summed E-state index contributed by atoms with van der Waals surface area (Å²) in [5, 5.41) is 10.00. The van der Waals surface area contributed by atoms with E-state index >= 15 is 0 Å². The first kappa shape index (κ1) is 17.6. The number of hydrogen-bond acceptors (Lipinski definition) is 5. The average Bonchev–Trinajstić information content (AvgIpc) is 3.26. The second-order valence-electron chi connectivity index (χ2n) is 6.64. The topological polar surface area (TPSA) is 76.4 Å². The molecule has 1 aliphatic heterocycles. The van der Waals surface area contributed by atoms with E-state index < -0.39 is 0 Å². The third-order valence-electron chi connectivity index (χ3n) is 4.51. The van der Waals surface area contributed by atoms with E-state index in [1.54, 1.807) is 6.07 Å². The van der Waals surface area contributed by atoms with E-state index in [0.29, 0.717) is 11.8 Å². The van der Waals surface area contributed by atoms with Gasteiger partial charge in [0, 0.05) is 25.3 Å². The van der Waals surface area contributed by atoms with Crippen molar-refractivity contribution in [1.82, 2.24) is 10.5 Å². The van der Waals surface area contributed by atoms with Crippen molar-refractivity contribution >= 4 is 11.8 Å². The van der Waals surface area contributed by atoms with E-state index in [-0.39, 0.29) is 18.0 Å². The molecule has 0 aliphatic carbocycles. The lowest BCUT2D eigenvalue weighted by molar-refractivity contribution is -0.118. The molecule has 3 atom stereocenters. The Balaban J connectivity index is 1.64. The van der Waals surface area contributed by atoms with E-state index in [1.807, 2.05) is 32.0 Å². The van der Waals surface area contributed by atoms with Crippen LogP contribution in [0.3, 0.4) is 0 Å². The van der Waals surface area contributed by atoms with E-state index in [1.165, 1.54) is 5.56 Å². The number of anilines is 1. The maximum atomic E-state index is 12.4. The first-order valence-corrected chi connectivity index (χ1v) is 8.74. The maximum absolute atomic E-state index is 12.4. The van der Waals surface area contributed by atoms with Crippen LogP contribution in [0.4, 0.5) is 5.88 Å². The number of rotatable bonds is 7. The monoisotopic (exact) mass is 343 g/mol. The molecule has 0 radical (unpaired) electrons. The molecule has 1 aliphatic rings. The van der Waals surface area contributed by atoms with Crippen molar-refractivity contribution in [2.45, 2.75) is 38.8 Å². The van der Waals surface area contributed by atoms with Gasteiger partial charge in [0.05, 0.1) is 11.7 Å². The van der Waals surface area contributed by atoms with Gasteiger partial charge in [0.2, 0.25) is 11.8 Å². The van der Waals surface area contributed by atoms with Crippen LogP contribution < -0.4 is 10.6 Å². The second kappa shape index (κ2) is 8.27. The molecule has 1 amide bonds. The molecule has 3 rings (SSSR count). The Morgan fingerprint density at radius 3 is 2.80 bits per heavy atom. The fourth-order valence-corrected chi connectivity index (χ4v) is 3.12. The number of carbonyl (C=O) groups is 1. The summed E-state index contributed by atoms with van der Waals surface area (Å²) in [6, 6.07) is 11.7. The lowest BCUT2D eigenvalue weighted by Gasteiger charge is -2.25. The zero-order chi connectivity index (χ0) is 17.6. The highest BCUT2D eigenvalue weighted by molar-refractivity contribution is 5.93. The van der Waals surface area contributed by atoms with E-state index in [4.69, 9.17) is 9.26 Å². The number of ether oxygens (including phenoxy) is 1. The molecule has 0 bridgehead atoms. The summed E-state index contributed by atoms with van der Waals surface area (Å²) in [5.74, 6) is 0.751. The van der Waals surface area contributed by atoms with Crippen LogP contribution in [-0.4, -0.2) is 30.3 Å². The SMILES string of the molecule is Cc1cc(NC(=O)[C@H](C)N[C@H](C[C@@H]2CCOC2)c2ccccc2)on1. The molecule has 6 heteroatoms. The molecule has 134 valence electrons. The van der Waals surface area contributed by atoms with Crippen LogP contribution in [0.1, 0.15) is 37.1 Å². The van der Waals surface area contributed by atoms with Crippen LogP contribution in [0.2, 0.25) is 0 Å². The molecule has 2 heterocycles. The summed E-state index contributed by atoms with van der Waals surface area (Å²) in [4.78, 5) is 12.4. The van der Waals surface area contributed by atoms with Gasteiger partial charge >= 0.3 is 0 Å². The minimum Gasteiger partial charge on any atom is -0.381 e. The number of hydrogen-bond donors (Lipinski definition) is 2. The molecular formula is C19H25N3O3.